The van der Waals surface area contributed by atoms with E-state index in [0.717, 1.165) is 5.92 Å². The molecule has 0 aromatic rings. The highest BCUT2D eigenvalue weighted by molar-refractivity contribution is 5.49. The third-order valence-electron chi connectivity index (χ3n) is 2.75. The van der Waals surface area contributed by atoms with E-state index in [0.29, 0.717) is 6.04 Å². The standard InChI is InChI=1S/C9H19N2/c1-5-9-6-10(3)7-11(4)8(9)2/h7-9H,5-6H2,1-4H3/q+1. The minimum absolute atomic E-state index is 0.705. The fourth-order valence-electron chi connectivity index (χ4n) is 1.79. The van der Waals surface area contributed by atoms with Crippen LogP contribution in [0.15, 0.2) is 0 Å². The fourth-order valence-corrected chi connectivity index (χ4v) is 1.79. The lowest BCUT2D eigenvalue weighted by Crippen LogP contribution is -2.44. The second-order valence-corrected chi connectivity index (χ2v) is 3.63. The number of hydrogen-bond acceptors (Lipinski definition) is 1. The van der Waals surface area contributed by atoms with Gasteiger partial charge in [-0.15, -0.1) is 0 Å². The minimum Gasteiger partial charge on any atom is -0.271 e. The molecule has 0 aliphatic carbocycles. The van der Waals surface area contributed by atoms with Gasteiger partial charge in [0, 0.05) is 5.92 Å². The van der Waals surface area contributed by atoms with Crippen molar-refractivity contribution in [2.45, 2.75) is 26.3 Å². The average molecular weight is 155 g/mol. The normalized spacial score (nSPS) is 32.0. The van der Waals surface area contributed by atoms with Crippen LogP contribution >= 0.6 is 0 Å². The SMILES string of the molecule is CCC1CN(C)C=[N+](C)C1C. The first-order valence-corrected chi connectivity index (χ1v) is 4.42. The van der Waals surface area contributed by atoms with Crippen LogP contribution < -0.4 is 0 Å². The van der Waals surface area contributed by atoms with E-state index in [2.05, 4.69) is 43.8 Å². The average Bonchev–Trinajstić information content (AvgIpc) is 1.96. The molecule has 0 aromatic carbocycles. The molecule has 0 radical (unpaired) electrons. The molecule has 1 aliphatic rings. The smallest absolute Gasteiger partial charge is 0.233 e. The van der Waals surface area contributed by atoms with Gasteiger partial charge in [-0.25, -0.2) is 0 Å². The Balaban J connectivity index is 2.69. The molecule has 0 bridgehead atoms. The summed E-state index contributed by atoms with van der Waals surface area (Å²) in [5.74, 6) is 0.829. The predicted molar refractivity (Wildman–Crippen MR) is 48.1 cm³/mol. The third kappa shape index (κ3) is 1.73. The molecule has 2 unspecified atom stereocenters. The first-order valence-electron chi connectivity index (χ1n) is 4.42. The number of rotatable bonds is 1. The van der Waals surface area contributed by atoms with E-state index in [1.165, 1.54) is 13.0 Å². The Morgan fingerprint density at radius 3 is 2.82 bits per heavy atom. The molecule has 0 fully saturated rings. The van der Waals surface area contributed by atoms with Gasteiger partial charge < -0.3 is 0 Å². The van der Waals surface area contributed by atoms with Gasteiger partial charge in [-0.2, -0.15) is 0 Å². The summed E-state index contributed by atoms with van der Waals surface area (Å²) >= 11 is 0. The Kier molecular flexibility index (Phi) is 2.53. The van der Waals surface area contributed by atoms with Crippen LogP contribution in [0.1, 0.15) is 20.3 Å². The highest BCUT2D eigenvalue weighted by Crippen LogP contribution is 2.14. The molecule has 0 N–H and O–H groups in total. The van der Waals surface area contributed by atoms with Crippen LogP contribution in [0.2, 0.25) is 0 Å². The van der Waals surface area contributed by atoms with E-state index >= 15 is 0 Å². The highest BCUT2D eigenvalue weighted by atomic mass is 15.2. The summed E-state index contributed by atoms with van der Waals surface area (Å²) in [6.45, 7) is 5.79. The molecule has 0 saturated heterocycles. The lowest BCUT2D eigenvalue weighted by Gasteiger charge is -2.28. The van der Waals surface area contributed by atoms with E-state index < -0.39 is 0 Å². The summed E-state index contributed by atoms with van der Waals surface area (Å²) in [6, 6.07) is 0.705. The van der Waals surface area contributed by atoms with Crippen LogP contribution in [-0.4, -0.2) is 42.5 Å². The van der Waals surface area contributed by atoms with Crippen LogP contribution in [0, 0.1) is 5.92 Å². The predicted octanol–water partition coefficient (Wildman–Crippen LogP) is 1.02. The van der Waals surface area contributed by atoms with Crippen LogP contribution in [0.4, 0.5) is 0 Å². The maximum atomic E-state index is 2.30. The molecule has 1 heterocycles. The zero-order valence-electron chi connectivity index (χ0n) is 8.04. The molecule has 0 spiro atoms. The van der Waals surface area contributed by atoms with E-state index in [9.17, 15) is 0 Å². The molecular formula is C9H19N2+. The molecule has 11 heavy (non-hydrogen) atoms. The van der Waals surface area contributed by atoms with Crippen LogP contribution in [0.5, 0.6) is 0 Å². The molecule has 0 saturated carbocycles. The Morgan fingerprint density at radius 2 is 2.27 bits per heavy atom. The Morgan fingerprint density at radius 1 is 1.64 bits per heavy atom. The molecule has 1 rings (SSSR count). The van der Waals surface area contributed by atoms with Gasteiger partial charge in [-0.05, 0) is 13.3 Å². The summed E-state index contributed by atoms with van der Waals surface area (Å²) in [5, 5.41) is 0. The summed E-state index contributed by atoms with van der Waals surface area (Å²) < 4.78 is 2.30. The van der Waals surface area contributed by atoms with Crippen molar-refractivity contribution in [3.05, 3.63) is 0 Å². The van der Waals surface area contributed by atoms with Crippen molar-refractivity contribution in [1.82, 2.24) is 4.90 Å². The van der Waals surface area contributed by atoms with Gasteiger partial charge >= 0.3 is 0 Å². The van der Waals surface area contributed by atoms with Gasteiger partial charge in [-0.1, -0.05) is 6.92 Å². The quantitative estimate of drug-likeness (QED) is 0.512. The topological polar surface area (TPSA) is 6.25 Å². The summed E-state index contributed by atoms with van der Waals surface area (Å²) in [5.41, 5.74) is 0. The second kappa shape index (κ2) is 3.24. The Hall–Kier alpha value is -0.530. The van der Waals surface area contributed by atoms with E-state index in [1.807, 2.05) is 0 Å². The summed E-state index contributed by atoms with van der Waals surface area (Å²) in [4.78, 5) is 2.27. The maximum absolute atomic E-state index is 2.30. The summed E-state index contributed by atoms with van der Waals surface area (Å²) in [7, 11) is 4.30. The van der Waals surface area contributed by atoms with Crippen molar-refractivity contribution in [2.24, 2.45) is 5.92 Å². The van der Waals surface area contributed by atoms with Gasteiger partial charge in [0.25, 0.3) is 0 Å². The van der Waals surface area contributed by atoms with Gasteiger partial charge in [0.2, 0.25) is 6.34 Å². The third-order valence-corrected chi connectivity index (χ3v) is 2.75. The van der Waals surface area contributed by atoms with E-state index in [-0.39, 0.29) is 0 Å². The lowest BCUT2D eigenvalue weighted by atomic mass is 9.96. The van der Waals surface area contributed by atoms with Gasteiger partial charge in [0.05, 0.1) is 26.7 Å². The Labute approximate surface area is 69.5 Å². The van der Waals surface area contributed by atoms with Gasteiger partial charge in [0.15, 0.2) is 0 Å². The van der Waals surface area contributed by atoms with Crippen molar-refractivity contribution >= 4 is 6.34 Å². The monoisotopic (exact) mass is 155 g/mol. The molecule has 2 atom stereocenters. The van der Waals surface area contributed by atoms with Crippen molar-refractivity contribution in [1.29, 1.82) is 0 Å². The fraction of sp³-hybridized carbons (Fsp3) is 0.889. The molecule has 2 nitrogen and oxygen atoms in total. The van der Waals surface area contributed by atoms with Crippen LogP contribution in [0.25, 0.3) is 0 Å². The molecule has 0 amide bonds. The molecule has 64 valence electrons. The zero-order valence-corrected chi connectivity index (χ0v) is 8.04. The number of hydrogen-bond donors (Lipinski definition) is 0. The van der Waals surface area contributed by atoms with Crippen molar-refractivity contribution in [3.8, 4) is 0 Å². The van der Waals surface area contributed by atoms with Crippen molar-refractivity contribution in [2.75, 3.05) is 20.6 Å². The second-order valence-electron chi connectivity index (χ2n) is 3.63. The van der Waals surface area contributed by atoms with Crippen LogP contribution in [0.3, 0.4) is 0 Å². The van der Waals surface area contributed by atoms with Crippen molar-refractivity contribution < 1.29 is 4.58 Å². The Bertz CT molecular complexity index is 163. The van der Waals surface area contributed by atoms with Gasteiger partial charge in [-0.3, -0.25) is 9.48 Å². The highest BCUT2D eigenvalue weighted by Gasteiger charge is 2.27. The summed E-state index contributed by atoms with van der Waals surface area (Å²) in [6.07, 6.45) is 3.47. The van der Waals surface area contributed by atoms with E-state index in [1.54, 1.807) is 0 Å². The minimum atomic E-state index is 0.705. The number of nitrogens with zero attached hydrogens (tertiary/aromatic N) is 2. The van der Waals surface area contributed by atoms with Crippen LogP contribution in [-0.2, 0) is 0 Å². The zero-order chi connectivity index (χ0) is 8.43. The van der Waals surface area contributed by atoms with Gasteiger partial charge in [0.1, 0.15) is 0 Å². The lowest BCUT2D eigenvalue weighted by molar-refractivity contribution is -0.549. The van der Waals surface area contributed by atoms with E-state index in [4.69, 9.17) is 0 Å². The largest absolute Gasteiger partial charge is 0.271 e. The molecular weight excluding hydrogens is 136 g/mol. The molecule has 1 aliphatic heterocycles. The first-order chi connectivity index (χ1) is 5.15. The molecule has 0 aromatic heterocycles. The first kappa shape index (κ1) is 8.57. The molecule has 2 heteroatoms. The van der Waals surface area contributed by atoms with Crippen molar-refractivity contribution in [3.63, 3.8) is 0 Å². The maximum Gasteiger partial charge on any atom is 0.233 e.